The average molecular weight is 231 g/mol. The van der Waals surface area contributed by atoms with Gasteiger partial charge in [-0.25, -0.2) is 14.4 Å². The molecule has 0 amide bonds. The average Bonchev–Trinajstić information content (AvgIpc) is 2.83. The lowest BCUT2D eigenvalue weighted by Gasteiger charge is -2.09. The van der Waals surface area contributed by atoms with Crippen molar-refractivity contribution < 1.29 is 4.39 Å². The van der Waals surface area contributed by atoms with Gasteiger partial charge in [0, 0.05) is 23.5 Å². The number of fused-ring (bicyclic) bond motifs is 1. The summed E-state index contributed by atoms with van der Waals surface area (Å²) in [4.78, 5) is 9.05. The molecule has 0 radical (unpaired) electrons. The van der Waals surface area contributed by atoms with Crippen LogP contribution in [-0.2, 0) is 0 Å². The van der Waals surface area contributed by atoms with Gasteiger partial charge < -0.3 is 5.32 Å². The minimum atomic E-state index is -0.237. The van der Waals surface area contributed by atoms with Gasteiger partial charge in [-0.15, -0.1) is 0 Å². The number of nitrogens with zero attached hydrogens (tertiary/aromatic N) is 2. The molecule has 0 saturated carbocycles. The van der Waals surface area contributed by atoms with Crippen molar-refractivity contribution >= 4 is 10.9 Å². The summed E-state index contributed by atoms with van der Waals surface area (Å²) in [5, 5.41) is 4.11. The van der Waals surface area contributed by atoms with E-state index in [-0.39, 0.29) is 5.82 Å². The molecule has 3 nitrogen and oxygen atoms in total. The molecule has 1 aliphatic rings. The summed E-state index contributed by atoms with van der Waals surface area (Å²) >= 11 is 0. The lowest BCUT2D eigenvalue weighted by molar-refractivity contribution is 0.629. The van der Waals surface area contributed by atoms with Crippen molar-refractivity contribution in [1.29, 1.82) is 0 Å². The molecule has 1 N–H and O–H groups in total. The van der Waals surface area contributed by atoms with Gasteiger partial charge in [-0.05, 0) is 38.1 Å². The van der Waals surface area contributed by atoms with E-state index in [1.165, 1.54) is 12.1 Å². The largest absolute Gasteiger partial charge is 0.316 e. The van der Waals surface area contributed by atoms with Crippen LogP contribution in [-0.4, -0.2) is 23.1 Å². The zero-order chi connectivity index (χ0) is 11.8. The van der Waals surface area contributed by atoms with E-state index < -0.39 is 0 Å². The van der Waals surface area contributed by atoms with Crippen LogP contribution in [0.15, 0.2) is 18.2 Å². The van der Waals surface area contributed by atoms with Crippen molar-refractivity contribution in [2.75, 3.05) is 13.1 Å². The van der Waals surface area contributed by atoms with Gasteiger partial charge in [0.25, 0.3) is 0 Å². The summed E-state index contributed by atoms with van der Waals surface area (Å²) < 4.78 is 13.2. The Morgan fingerprint density at radius 2 is 2.24 bits per heavy atom. The zero-order valence-corrected chi connectivity index (χ0v) is 9.70. The summed E-state index contributed by atoms with van der Waals surface area (Å²) in [5.41, 5.74) is 1.69. The van der Waals surface area contributed by atoms with E-state index in [0.29, 0.717) is 5.92 Å². The fourth-order valence-electron chi connectivity index (χ4n) is 2.33. The highest BCUT2D eigenvalue weighted by Crippen LogP contribution is 2.23. The van der Waals surface area contributed by atoms with E-state index in [1.807, 2.05) is 6.92 Å². The summed E-state index contributed by atoms with van der Waals surface area (Å²) in [7, 11) is 0. The van der Waals surface area contributed by atoms with E-state index in [2.05, 4.69) is 15.3 Å². The number of nitrogens with one attached hydrogen (secondary N) is 1. The molecule has 1 atom stereocenters. The number of benzene rings is 1. The first-order valence-corrected chi connectivity index (χ1v) is 5.88. The second-order valence-electron chi connectivity index (χ2n) is 4.52. The van der Waals surface area contributed by atoms with E-state index in [4.69, 9.17) is 0 Å². The normalized spacial score (nSPS) is 20.0. The number of hydrogen-bond donors (Lipinski definition) is 1. The number of rotatable bonds is 1. The first kappa shape index (κ1) is 10.6. The predicted octanol–water partition coefficient (Wildman–Crippen LogP) is 2.15. The van der Waals surface area contributed by atoms with Crippen molar-refractivity contribution in [2.24, 2.45) is 0 Å². The Labute approximate surface area is 99.1 Å². The van der Waals surface area contributed by atoms with Gasteiger partial charge in [0.1, 0.15) is 11.6 Å². The molecule has 88 valence electrons. The quantitative estimate of drug-likeness (QED) is 0.817. The maximum absolute atomic E-state index is 13.2. The Morgan fingerprint density at radius 3 is 3.00 bits per heavy atom. The topological polar surface area (TPSA) is 37.8 Å². The molecule has 17 heavy (non-hydrogen) atoms. The summed E-state index contributed by atoms with van der Waals surface area (Å²) in [6.07, 6.45) is 1.08. The maximum Gasteiger partial charge on any atom is 0.133 e. The molecule has 1 unspecified atom stereocenters. The van der Waals surface area contributed by atoms with Gasteiger partial charge in [0.15, 0.2) is 0 Å². The SMILES string of the molecule is Cc1nc(C2CCNC2)nc2ccc(F)cc12. The Morgan fingerprint density at radius 1 is 1.35 bits per heavy atom. The highest BCUT2D eigenvalue weighted by atomic mass is 19.1. The summed E-state index contributed by atoms with van der Waals surface area (Å²) in [5.74, 6) is 1.04. The fraction of sp³-hybridized carbons (Fsp3) is 0.385. The van der Waals surface area contributed by atoms with Crippen LogP contribution in [0.4, 0.5) is 4.39 Å². The second-order valence-corrected chi connectivity index (χ2v) is 4.52. The molecular formula is C13H14FN3. The van der Waals surface area contributed by atoms with Gasteiger partial charge in [-0.2, -0.15) is 0 Å². The smallest absolute Gasteiger partial charge is 0.133 e. The lowest BCUT2D eigenvalue weighted by atomic mass is 10.1. The third-order valence-electron chi connectivity index (χ3n) is 3.29. The van der Waals surface area contributed by atoms with Crippen molar-refractivity contribution in [3.8, 4) is 0 Å². The predicted molar refractivity (Wildman–Crippen MR) is 64.5 cm³/mol. The lowest BCUT2D eigenvalue weighted by Crippen LogP contribution is -2.11. The van der Waals surface area contributed by atoms with E-state index in [0.717, 1.165) is 41.9 Å². The molecular weight excluding hydrogens is 217 g/mol. The van der Waals surface area contributed by atoms with Crippen LogP contribution >= 0.6 is 0 Å². The van der Waals surface area contributed by atoms with Crippen LogP contribution in [0, 0.1) is 12.7 Å². The molecule has 2 aromatic rings. The Bertz CT molecular complexity index is 562. The standard InChI is InChI=1S/C13H14FN3/c1-8-11-6-10(14)2-3-12(11)17-13(16-8)9-4-5-15-7-9/h2-3,6,9,15H,4-5,7H2,1H3. The van der Waals surface area contributed by atoms with Gasteiger partial charge in [-0.3, -0.25) is 0 Å². The van der Waals surface area contributed by atoms with Gasteiger partial charge in [-0.1, -0.05) is 0 Å². The van der Waals surface area contributed by atoms with Crippen LogP contribution in [0.5, 0.6) is 0 Å². The number of aromatic nitrogens is 2. The van der Waals surface area contributed by atoms with Crippen LogP contribution in [0.1, 0.15) is 23.9 Å². The minimum Gasteiger partial charge on any atom is -0.316 e. The number of hydrogen-bond acceptors (Lipinski definition) is 3. The van der Waals surface area contributed by atoms with E-state index in [9.17, 15) is 4.39 Å². The number of halogens is 1. The van der Waals surface area contributed by atoms with E-state index in [1.54, 1.807) is 6.07 Å². The van der Waals surface area contributed by atoms with Gasteiger partial charge in [0.05, 0.1) is 5.52 Å². The Hall–Kier alpha value is -1.55. The second kappa shape index (κ2) is 4.04. The van der Waals surface area contributed by atoms with Crippen LogP contribution in [0.25, 0.3) is 10.9 Å². The van der Waals surface area contributed by atoms with Crippen molar-refractivity contribution in [3.05, 3.63) is 35.5 Å². The third-order valence-corrected chi connectivity index (χ3v) is 3.29. The maximum atomic E-state index is 13.2. The first-order chi connectivity index (χ1) is 8.24. The third kappa shape index (κ3) is 1.89. The minimum absolute atomic E-state index is 0.237. The van der Waals surface area contributed by atoms with Crippen molar-refractivity contribution in [2.45, 2.75) is 19.3 Å². The summed E-state index contributed by atoms with van der Waals surface area (Å²) in [6.45, 7) is 3.87. The van der Waals surface area contributed by atoms with E-state index >= 15 is 0 Å². The van der Waals surface area contributed by atoms with Crippen LogP contribution < -0.4 is 5.32 Å². The molecule has 1 aromatic carbocycles. The first-order valence-electron chi connectivity index (χ1n) is 5.88. The molecule has 3 rings (SSSR count). The molecule has 1 fully saturated rings. The molecule has 2 heterocycles. The zero-order valence-electron chi connectivity index (χ0n) is 9.70. The van der Waals surface area contributed by atoms with Crippen LogP contribution in [0.2, 0.25) is 0 Å². The Balaban J connectivity index is 2.13. The highest BCUT2D eigenvalue weighted by Gasteiger charge is 2.20. The molecule has 4 heteroatoms. The monoisotopic (exact) mass is 231 g/mol. The fourth-order valence-corrected chi connectivity index (χ4v) is 2.33. The highest BCUT2D eigenvalue weighted by molar-refractivity contribution is 5.80. The number of aryl methyl sites for hydroxylation is 1. The molecule has 0 aliphatic carbocycles. The van der Waals surface area contributed by atoms with Crippen molar-refractivity contribution in [1.82, 2.24) is 15.3 Å². The molecule has 0 bridgehead atoms. The van der Waals surface area contributed by atoms with Gasteiger partial charge >= 0.3 is 0 Å². The molecule has 1 aromatic heterocycles. The summed E-state index contributed by atoms with van der Waals surface area (Å²) in [6, 6.07) is 4.68. The molecule has 1 saturated heterocycles. The Kier molecular flexibility index (Phi) is 2.52. The van der Waals surface area contributed by atoms with Crippen molar-refractivity contribution in [3.63, 3.8) is 0 Å². The molecule has 1 aliphatic heterocycles. The van der Waals surface area contributed by atoms with Gasteiger partial charge in [0.2, 0.25) is 0 Å². The van der Waals surface area contributed by atoms with Crippen LogP contribution in [0.3, 0.4) is 0 Å². The molecule has 0 spiro atoms.